The number of aryl methyl sites for hydroxylation is 3. The summed E-state index contributed by atoms with van der Waals surface area (Å²) < 4.78 is 1.38. The van der Waals surface area contributed by atoms with Gasteiger partial charge in [0.05, 0.1) is 10.9 Å². The number of aromatic nitrogens is 2. The Balaban J connectivity index is 1.70. The minimum absolute atomic E-state index is 0.0674. The zero-order valence-corrected chi connectivity index (χ0v) is 17.9. The van der Waals surface area contributed by atoms with Crippen molar-refractivity contribution in [3.63, 3.8) is 0 Å². The molecular weight excluding hydrogens is 382 g/mol. The molecule has 0 aliphatic carbocycles. The predicted molar refractivity (Wildman–Crippen MR) is 118 cm³/mol. The third-order valence-corrected chi connectivity index (χ3v) is 5.75. The number of carbonyl (C=O) groups is 1. The summed E-state index contributed by atoms with van der Waals surface area (Å²) in [5.41, 5.74) is 5.00. The first kappa shape index (κ1) is 20.9. The van der Waals surface area contributed by atoms with Crippen molar-refractivity contribution in [2.45, 2.75) is 44.5 Å². The summed E-state index contributed by atoms with van der Waals surface area (Å²) in [5, 5.41) is 7.70. The number of rotatable bonds is 6. The molecule has 1 amide bonds. The van der Waals surface area contributed by atoms with Crippen molar-refractivity contribution in [1.29, 1.82) is 0 Å². The van der Waals surface area contributed by atoms with E-state index in [0.717, 1.165) is 27.9 Å². The molecule has 0 unspecified atom stereocenters. The lowest BCUT2D eigenvalue weighted by Crippen LogP contribution is -2.30. The van der Waals surface area contributed by atoms with Crippen LogP contribution < -0.4 is 10.9 Å². The summed E-state index contributed by atoms with van der Waals surface area (Å²) in [6, 6.07) is 17.0. The van der Waals surface area contributed by atoms with E-state index in [-0.39, 0.29) is 16.7 Å². The van der Waals surface area contributed by atoms with Gasteiger partial charge in [-0.2, -0.15) is 9.78 Å². The monoisotopic (exact) mass is 407 g/mol. The summed E-state index contributed by atoms with van der Waals surface area (Å²) in [5.74, 6) is -0.0674. The second-order valence-corrected chi connectivity index (χ2v) is 8.52. The van der Waals surface area contributed by atoms with Crippen LogP contribution in [0.1, 0.15) is 29.2 Å². The normalized spacial score (nSPS) is 11.9. The Morgan fingerprint density at radius 3 is 2.59 bits per heavy atom. The van der Waals surface area contributed by atoms with Crippen LogP contribution in [0.2, 0.25) is 0 Å². The molecule has 0 radical (unpaired) electrons. The Kier molecular flexibility index (Phi) is 6.54. The molecule has 0 aliphatic heterocycles. The van der Waals surface area contributed by atoms with Gasteiger partial charge in [-0.3, -0.25) is 9.59 Å². The molecule has 150 valence electrons. The van der Waals surface area contributed by atoms with Crippen molar-refractivity contribution < 1.29 is 4.79 Å². The predicted octanol–water partition coefficient (Wildman–Crippen LogP) is 3.95. The number of hydrogen-bond acceptors (Lipinski definition) is 4. The molecule has 3 rings (SSSR count). The smallest absolute Gasteiger partial charge is 0.271 e. The highest BCUT2D eigenvalue weighted by molar-refractivity contribution is 8.00. The summed E-state index contributed by atoms with van der Waals surface area (Å²) in [6.07, 6.45) is 0. The van der Waals surface area contributed by atoms with Crippen LogP contribution in [0.25, 0.3) is 5.69 Å². The highest BCUT2D eigenvalue weighted by Crippen LogP contribution is 2.21. The summed E-state index contributed by atoms with van der Waals surface area (Å²) in [6.45, 7) is 8.38. The van der Waals surface area contributed by atoms with Gasteiger partial charge in [-0.15, -0.1) is 0 Å². The van der Waals surface area contributed by atoms with Gasteiger partial charge >= 0.3 is 0 Å². The van der Waals surface area contributed by atoms with E-state index >= 15 is 0 Å². The minimum atomic E-state index is -0.335. The third kappa shape index (κ3) is 5.35. The van der Waals surface area contributed by atoms with Crippen molar-refractivity contribution >= 4 is 17.7 Å². The number of hydrogen-bond donors (Lipinski definition) is 1. The average molecular weight is 408 g/mol. The molecule has 6 heteroatoms. The number of thioether (sulfide) groups is 1. The average Bonchev–Trinajstić information content (AvgIpc) is 2.69. The Bertz CT molecular complexity index is 1090. The molecule has 3 aromatic rings. The number of benzene rings is 2. The maximum atomic E-state index is 12.5. The van der Waals surface area contributed by atoms with Crippen LogP contribution in [0, 0.1) is 20.8 Å². The lowest BCUT2D eigenvalue weighted by atomic mass is 10.1. The SMILES string of the molecule is Cc1cccc(CNC(=O)[C@H](C)Sc2ccc(=O)n(-c3ccc(C)c(C)c3)n2)c1. The number of nitrogens with one attached hydrogen (secondary N) is 1. The first-order valence-corrected chi connectivity index (χ1v) is 10.4. The zero-order chi connectivity index (χ0) is 21.0. The van der Waals surface area contributed by atoms with E-state index in [9.17, 15) is 9.59 Å². The van der Waals surface area contributed by atoms with E-state index in [0.29, 0.717) is 11.6 Å². The first-order valence-electron chi connectivity index (χ1n) is 9.51. The number of carbonyl (C=O) groups excluding carboxylic acids is 1. The van der Waals surface area contributed by atoms with Crippen LogP contribution in [-0.4, -0.2) is 20.9 Å². The van der Waals surface area contributed by atoms with Gasteiger partial charge in [0, 0.05) is 12.6 Å². The van der Waals surface area contributed by atoms with Gasteiger partial charge in [0.25, 0.3) is 5.56 Å². The van der Waals surface area contributed by atoms with Crippen LogP contribution in [-0.2, 0) is 11.3 Å². The lowest BCUT2D eigenvalue weighted by Gasteiger charge is -2.13. The Morgan fingerprint density at radius 1 is 1.07 bits per heavy atom. The zero-order valence-electron chi connectivity index (χ0n) is 17.1. The van der Waals surface area contributed by atoms with Crippen LogP contribution >= 0.6 is 11.8 Å². The van der Waals surface area contributed by atoms with Crippen LogP contribution in [0.15, 0.2) is 64.4 Å². The Hall–Kier alpha value is -2.86. The van der Waals surface area contributed by atoms with E-state index in [1.54, 1.807) is 6.07 Å². The molecule has 1 heterocycles. The molecule has 29 heavy (non-hydrogen) atoms. The molecule has 1 aromatic heterocycles. The summed E-state index contributed by atoms with van der Waals surface area (Å²) >= 11 is 1.33. The highest BCUT2D eigenvalue weighted by Gasteiger charge is 2.16. The van der Waals surface area contributed by atoms with Crippen LogP contribution in [0.3, 0.4) is 0 Å². The number of nitrogens with zero attached hydrogens (tertiary/aromatic N) is 2. The third-order valence-electron chi connectivity index (χ3n) is 4.73. The van der Waals surface area contributed by atoms with Gasteiger partial charge in [0.2, 0.25) is 5.91 Å². The van der Waals surface area contributed by atoms with Crippen molar-refractivity contribution in [3.8, 4) is 5.69 Å². The Labute approximate surface area is 175 Å². The molecule has 0 fully saturated rings. The molecule has 1 atom stereocenters. The van der Waals surface area contributed by atoms with Crippen molar-refractivity contribution in [2.24, 2.45) is 0 Å². The maximum absolute atomic E-state index is 12.5. The topological polar surface area (TPSA) is 64.0 Å². The second-order valence-electron chi connectivity index (χ2n) is 7.16. The summed E-state index contributed by atoms with van der Waals surface area (Å²) in [4.78, 5) is 24.8. The van der Waals surface area contributed by atoms with Crippen LogP contribution in [0.5, 0.6) is 0 Å². The number of amides is 1. The molecule has 5 nitrogen and oxygen atoms in total. The quantitative estimate of drug-likeness (QED) is 0.629. The van der Waals surface area contributed by atoms with Gasteiger partial charge < -0.3 is 5.32 Å². The Morgan fingerprint density at radius 2 is 1.86 bits per heavy atom. The van der Waals surface area contributed by atoms with Crippen molar-refractivity contribution in [3.05, 3.63) is 87.2 Å². The standard InChI is InChI=1S/C23H25N3O2S/c1-15-6-5-7-19(12-15)14-24-23(28)18(4)29-21-10-11-22(27)26(25-21)20-9-8-16(2)17(3)13-20/h5-13,18H,14H2,1-4H3,(H,24,28)/t18-/m0/s1. The molecule has 0 aliphatic rings. The first-order chi connectivity index (χ1) is 13.8. The fourth-order valence-electron chi connectivity index (χ4n) is 2.89. The second kappa shape index (κ2) is 9.09. The molecule has 1 N–H and O–H groups in total. The van der Waals surface area contributed by atoms with Gasteiger partial charge in [0.15, 0.2) is 0 Å². The van der Waals surface area contributed by atoms with Crippen molar-refractivity contribution in [1.82, 2.24) is 15.1 Å². The van der Waals surface area contributed by atoms with Crippen molar-refractivity contribution in [2.75, 3.05) is 0 Å². The van der Waals surface area contributed by atoms with E-state index in [1.807, 2.05) is 64.1 Å². The van der Waals surface area contributed by atoms with Gasteiger partial charge in [-0.25, -0.2) is 0 Å². The lowest BCUT2D eigenvalue weighted by molar-refractivity contribution is -0.120. The van der Waals surface area contributed by atoms with E-state index in [4.69, 9.17) is 0 Å². The molecular formula is C23H25N3O2S. The van der Waals surface area contributed by atoms with E-state index < -0.39 is 0 Å². The van der Waals surface area contributed by atoms with Gasteiger partial charge in [-0.05, 0) is 62.6 Å². The van der Waals surface area contributed by atoms with Gasteiger partial charge in [-0.1, -0.05) is 47.7 Å². The molecule has 0 bridgehead atoms. The highest BCUT2D eigenvalue weighted by atomic mass is 32.2. The molecule has 0 saturated carbocycles. The fraction of sp³-hybridized carbons (Fsp3) is 0.261. The fourth-order valence-corrected chi connectivity index (χ4v) is 3.72. The van der Waals surface area contributed by atoms with E-state index in [2.05, 4.69) is 16.5 Å². The van der Waals surface area contributed by atoms with Gasteiger partial charge in [0.1, 0.15) is 5.03 Å². The molecule has 0 spiro atoms. The largest absolute Gasteiger partial charge is 0.351 e. The van der Waals surface area contributed by atoms with Crippen LogP contribution in [0.4, 0.5) is 0 Å². The molecule has 2 aromatic carbocycles. The summed E-state index contributed by atoms with van der Waals surface area (Å²) in [7, 11) is 0. The molecule has 0 saturated heterocycles. The minimum Gasteiger partial charge on any atom is -0.351 e. The van der Waals surface area contributed by atoms with E-state index in [1.165, 1.54) is 22.5 Å². The maximum Gasteiger partial charge on any atom is 0.271 e.